The smallest absolute Gasteiger partial charge is 0.263 e. The Morgan fingerprint density at radius 1 is 1.15 bits per heavy atom. The highest BCUT2D eigenvalue weighted by Gasteiger charge is 2.22. The third kappa shape index (κ3) is 4.65. The second kappa shape index (κ2) is 8.38. The lowest BCUT2D eigenvalue weighted by Gasteiger charge is -2.13. The summed E-state index contributed by atoms with van der Waals surface area (Å²) in [6, 6.07) is 13.8. The summed E-state index contributed by atoms with van der Waals surface area (Å²) in [4.78, 5) is 12.4. The minimum Gasteiger partial charge on any atom is -0.490 e. The van der Waals surface area contributed by atoms with E-state index in [2.05, 4.69) is 24.4 Å². The normalized spacial score (nSPS) is 15.2. The Kier molecular flexibility index (Phi) is 5.96. The van der Waals surface area contributed by atoms with Crippen molar-refractivity contribution in [3.63, 3.8) is 0 Å². The first-order valence-electron chi connectivity index (χ1n) is 8.25. The summed E-state index contributed by atoms with van der Waals surface area (Å²) in [5, 5.41) is 2.61. The van der Waals surface area contributed by atoms with Crippen molar-refractivity contribution in [3.05, 3.63) is 64.1 Å². The molecule has 4 nitrogen and oxygen atoms in total. The molecule has 1 aliphatic heterocycles. The summed E-state index contributed by atoms with van der Waals surface area (Å²) >= 11 is 6.27. The number of thiocarbonyl (C=S) groups is 1. The van der Waals surface area contributed by atoms with Gasteiger partial charge in [0.1, 0.15) is 10.9 Å². The number of benzene rings is 2. The average Bonchev–Trinajstić information content (AvgIpc) is 2.92. The number of amides is 1. The lowest BCUT2D eigenvalue weighted by atomic mass is 10.1. The van der Waals surface area contributed by atoms with Crippen LogP contribution in [0.15, 0.2) is 47.4 Å². The van der Waals surface area contributed by atoms with Crippen LogP contribution in [0.25, 0.3) is 6.08 Å². The Bertz CT molecular complexity index is 877. The van der Waals surface area contributed by atoms with E-state index in [1.165, 1.54) is 17.3 Å². The van der Waals surface area contributed by atoms with Crippen LogP contribution in [0.5, 0.6) is 11.5 Å². The van der Waals surface area contributed by atoms with Crippen LogP contribution in [-0.2, 0) is 11.4 Å². The van der Waals surface area contributed by atoms with Crippen molar-refractivity contribution < 1.29 is 14.3 Å². The molecule has 2 aromatic carbocycles. The van der Waals surface area contributed by atoms with Gasteiger partial charge in [-0.2, -0.15) is 0 Å². The van der Waals surface area contributed by atoms with Crippen molar-refractivity contribution in [1.29, 1.82) is 0 Å². The number of carbonyl (C=O) groups is 1. The zero-order valence-corrected chi connectivity index (χ0v) is 16.2. The minimum absolute atomic E-state index is 0.169. The Morgan fingerprint density at radius 2 is 2.00 bits per heavy atom. The van der Waals surface area contributed by atoms with Gasteiger partial charge in [-0.15, -0.1) is 0 Å². The van der Waals surface area contributed by atoms with Crippen LogP contribution < -0.4 is 14.8 Å². The van der Waals surface area contributed by atoms with Gasteiger partial charge in [0.15, 0.2) is 11.5 Å². The molecule has 6 heteroatoms. The number of hydrogen-bond donors (Lipinski definition) is 1. The lowest BCUT2D eigenvalue weighted by molar-refractivity contribution is -0.115. The molecule has 3 rings (SSSR count). The predicted molar refractivity (Wildman–Crippen MR) is 109 cm³/mol. The topological polar surface area (TPSA) is 47.6 Å². The van der Waals surface area contributed by atoms with Gasteiger partial charge in [-0.25, -0.2) is 0 Å². The van der Waals surface area contributed by atoms with Crippen molar-refractivity contribution >= 4 is 40.3 Å². The predicted octanol–water partition coefficient (Wildman–Crippen LogP) is 4.46. The fourth-order valence-corrected chi connectivity index (χ4v) is 3.58. The molecule has 1 N–H and O–H groups in total. The number of thioether (sulfide) groups is 1. The number of rotatable bonds is 6. The van der Waals surface area contributed by atoms with E-state index in [0.29, 0.717) is 33.9 Å². The van der Waals surface area contributed by atoms with Gasteiger partial charge in [0.2, 0.25) is 0 Å². The summed E-state index contributed by atoms with van der Waals surface area (Å²) in [7, 11) is 0. The van der Waals surface area contributed by atoms with Gasteiger partial charge in [-0.1, -0.05) is 59.9 Å². The maximum Gasteiger partial charge on any atom is 0.263 e. The lowest BCUT2D eigenvalue weighted by Crippen LogP contribution is -2.17. The Hall–Kier alpha value is -2.31. The van der Waals surface area contributed by atoms with E-state index in [1.54, 1.807) is 6.08 Å². The van der Waals surface area contributed by atoms with Gasteiger partial charge in [-0.05, 0) is 43.2 Å². The quantitative estimate of drug-likeness (QED) is 0.588. The fourth-order valence-electron chi connectivity index (χ4n) is 2.54. The molecule has 0 bridgehead atoms. The van der Waals surface area contributed by atoms with Crippen LogP contribution in [0.3, 0.4) is 0 Å². The molecule has 134 valence electrons. The van der Waals surface area contributed by atoms with Gasteiger partial charge >= 0.3 is 0 Å². The van der Waals surface area contributed by atoms with Crippen molar-refractivity contribution in [3.8, 4) is 11.5 Å². The second-order valence-electron chi connectivity index (χ2n) is 5.77. The van der Waals surface area contributed by atoms with Crippen LogP contribution in [0.4, 0.5) is 0 Å². The highest BCUT2D eigenvalue weighted by Crippen LogP contribution is 2.32. The third-order valence-electron chi connectivity index (χ3n) is 3.68. The summed E-state index contributed by atoms with van der Waals surface area (Å²) in [5.41, 5.74) is 3.16. The van der Waals surface area contributed by atoms with E-state index in [0.717, 1.165) is 11.1 Å². The summed E-state index contributed by atoms with van der Waals surface area (Å²) < 4.78 is 12.1. The standard InChI is InChI=1S/C20H19NO3S2/c1-3-23-17-10-14(11-18-19(22)21-20(25)26-18)7-8-16(17)24-12-15-6-4-5-13(2)9-15/h4-11H,3,12H2,1-2H3,(H,21,22,25)/b18-11+. The van der Waals surface area contributed by atoms with Gasteiger partial charge in [0, 0.05) is 0 Å². The molecule has 1 amide bonds. The molecular weight excluding hydrogens is 366 g/mol. The molecular formula is C20H19NO3S2. The average molecular weight is 386 g/mol. The van der Waals surface area contributed by atoms with E-state index in [-0.39, 0.29) is 5.91 Å². The first-order valence-corrected chi connectivity index (χ1v) is 9.47. The number of hydrogen-bond acceptors (Lipinski definition) is 5. The van der Waals surface area contributed by atoms with E-state index < -0.39 is 0 Å². The minimum atomic E-state index is -0.169. The van der Waals surface area contributed by atoms with Crippen molar-refractivity contribution in [2.24, 2.45) is 0 Å². The zero-order valence-electron chi connectivity index (χ0n) is 14.6. The van der Waals surface area contributed by atoms with Crippen LogP contribution in [-0.4, -0.2) is 16.8 Å². The largest absolute Gasteiger partial charge is 0.490 e. The highest BCUT2D eigenvalue weighted by atomic mass is 32.2. The number of nitrogens with one attached hydrogen (secondary N) is 1. The second-order valence-corrected chi connectivity index (χ2v) is 7.49. The van der Waals surface area contributed by atoms with E-state index >= 15 is 0 Å². The Morgan fingerprint density at radius 3 is 2.69 bits per heavy atom. The van der Waals surface area contributed by atoms with Crippen LogP contribution in [0.2, 0.25) is 0 Å². The van der Waals surface area contributed by atoms with E-state index in [9.17, 15) is 4.79 Å². The molecule has 1 fully saturated rings. The molecule has 0 unspecified atom stereocenters. The molecule has 2 aromatic rings. The van der Waals surface area contributed by atoms with Crippen molar-refractivity contribution in [1.82, 2.24) is 5.32 Å². The molecule has 0 aromatic heterocycles. The van der Waals surface area contributed by atoms with Crippen LogP contribution in [0, 0.1) is 6.92 Å². The zero-order chi connectivity index (χ0) is 18.5. The van der Waals surface area contributed by atoms with Gasteiger partial charge in [0.05, 0.1) is 11.5 Å². The highest BCUT2D eigenvalue weighted by molar-refractivity contribution is 8.26. The first-order chi connectivity index (χ1) is 12.5. The number of aryl methyl sites for hydroxylation is 1. The Labute approximate surface area is 162 Å². The number of ether oxygens (including phenoxy) is 2. The first kappa shape index (κ1) is 18.5. The van der Waals surface area contributed by atoms with E-state index in [1.807, 2.05) is 37.3 Å². The number of carbonyl (C=O) groups excluding carboxylic acids is 1. The van der Waals surface area contributed by atoms with Crippen molar-refractivity contribution in [2.75, 3.05) is 6.61 Å². The van der Waals surface area contributed by atoms with Gasteiger partial charge in [-0.3, -0.25) is 4.79 Å². The van der Waals surface area contributed by atoms with Crippen LogP contribution in [0.1, 0.15) is 23.6 Å². The maximum atomic E-state index is 11.8. The SMILES string of the molecule is CCOc1cc(/C=C2/SC(=S)NC2=O)ccc1OCc1cccc(C)c1. The fraction of sp³-hybridized carbons (Fsp3) is 0.200. The Balaban J connectivity index is 1.79. The third-order valence-corrected chi connectivity index (χ3v) is 4.85. The van der Waals surface area contributed by atoms with Crippen molar-refractivity contribution in [2.45, 2.75) is 20.5 Å². The van der Waals surface area contributed by atoms with E-state index in [4.69, 9.17) is 21.7 Å². The molecule has 0 aliphatic carbocycles. The molecule has 26 heavy (non-hydrogen) atoms. The molecule has 1 saturated heterocycles. The molecule has 0 radical (unpaired) electrons. The summed E-state index contributed by atoms with van der Waals surface area (Å²) in [6.07, 6.45) is 1.80. The monoisotopic (exact) mass is 385 g/mol. The molecule has 0 saturated carbocycles. The van der Waals surface area contributed by atoms with Gasteiger partial charge < -0.3 is 14.8 Å². The summed E-state index contributed by atoms with van der Waals surface area (Å²) in [6.45, 7) is 4.98. The van der Waals surface area contributed by atoms with Gasteiger partial charge in [0.25, 0.3) is 5.91 Å². The molecule has 1 heterocycles. The van der Waals surface area contributed by atoms with Crippen LogP contribution >= 0.6 is 24.0 Å². The maximum absolute atomic E-state index is 11.8. The molecule has 1 aliphatic rings. The molecule has 0 spiro atoms. The molecule has 0 atom stereocenters. The summed E-state index contributed by atoms with van der Waals surface area (Å²) in [5.74, 6) is 1.16.